The van der Waals surface area contributed by atoms with Gasteiger partial charge in [-0.25, -0.2) is 0 Å². The summed E-state index contributed by atoms with van der Waals surface area (Å²) >= 11 is 3.02. The van der Waals surface area contributed by atoms with Gasteiger partial charge < -0.3 is 9.47 Å². The van der Waals surface area contributed by atoms with E-state index < -0.39 is 24.5 Å². The summed E-state index contributed by atoms with van der Waals surface area (Å²) in [4.78, 5) is 0. The molecule has 0 atom stereocenters. The molecule has 0 heterocycles. The van der Waals surface area contributed by atoms with Crippen molar-refractivity contribution < 1.29 is 31.4 Å². The summed E-state index contributed by atoms with van der Waals surface area (Å²) in [6.45, 7) is -3.22. The van der Waals surface area contributed by atoms with Gasteiger partial charge in [-0.15, -0.1) is 13.2 Å². The van der Waals surface area contributed by atoms with Crippen molar-refractivity contribution >= 4 is 15.9 Å². The third-order valence-electron chi connectivity index (χ3n) is 1.60. The maximum Gasteiger partial charge on any atom is 0.573 e. The highest BCUT2D eigenvalue weighted by Gasteiger charge is 2.33. The highest BCUT2D eigenvalue weighted by molar-refractivity contribution is 9.08. The number of rotatable bonds is 4. The van der Waals surface area contributed by atoms with Crippen molar-refractivity contribution in [1.29, 1.82) is 0 Å². The van der Waals surface area contributed by atoms with E-state index in [9.17, 15) is 22.0 Å². The molecular formula is C9H6BrF5O2. The smallest absolute Gasteiger partial charge is 0.431 e. The predicted molar refractivity (Wildman–Crippen MR) is 52.4 cm³/mol. The molecule has 0 aliphatic rings. The summed E-state index contributed by atoms with van der Waals surface area (Å²) in [6.07, 6.45) is -4.97. The van der Waals surface area contributed by atoms with Gasteiger partial charge in [-0.1, -0.05) is 22.0 Å². The fraction of sp³-hybridized carbons (Fsp3) is 0.333. The molecule has 1 aromatic rings. The molecule has 96 valence electrons. The lowest BCUT2D eigenvalue weighted by Crippen LogP contribution is -2.18. The summed E-state index contributed by atoms with van der Waals surface area (Å²) in [5.41, 5.74) is 0.436. The fourth-order valence-electron chi connectivity index (χ4n) is 1.03. The number of hydrogen-bond donors (Lipinski definition) is 0. The minimum atomic E-state index is -4.97. The molecule has 0 saturated carbocycles. The minimum Gasteiger partial charge on any atom is -0.431 e. The Kier molecular flexibility index (Phi) is 4.55. The third kappa shape index (κ3) is 4.76. The van der Waals surface area contributed by atoms with Gasteiger partial charge in [0.15, 0.2) is 11.5 Å². The normalized spacial score (nSPS) is 11.7. The average Bonchev–Trinajstić information content (AvgIpc) is 2.17. The predicted octanol–water partition coefficient (Wildman–Crippen LogP) is 4.08. The minimum absolute atomic E-state index is 0.260. The molecule has 0 aromatic heterocycles. The van der Waals surface area contributed by atoms with Crippen LogP contribution in [-0.4, -0.2) is 13.0 Å². The molecule has 1 rings (SSSR count). The lowest BCUT2D eigenvalue weighted by atomic mass is 10.2. The molecule has 0 radical (unpaired) electrons. The summed E-state index contributed by atoms with van der Waals surface area (Å²) in [5, 5.41) is 0.260. The van der Waals surface area contributed by atoms with Gasteiger partial charge >= 0.3 is 13.0 Å². The highest BCUT2D eigenvalue weighted by Crippen LogP contribution is 2.34. The van der Waals surface area contributed by atoms with Gasteiger partial charge in [0, 0.05) is 5.33 Å². The SMILES string of the molecule is FC(F)Oc1ccc(CBr)cc1OC(F)(F)F. The van der Waals surface area contributed by atoms with E-state index in [4.69, 9.17) is 0 Å². The molecule has 0 amide bonds. The summed E-state index contributed by atoms with van der Waals surface area (Å²) in [6, 6.07) is 3.31. The van der Waals surface area contributed by atoms with Crippen LogP contribution in [0.1, 0.15) is 5.56 Å². The van der Waals surface area contributed by atoms with Gasteiger partial charge in [0.1, 0.15) is 0 Å². The van der Waals surface area contributed by atoms with Gasteiger partial charge in [-0.2, -0.15) is 8.78 Å². The Hall–Kier alpha value is -1.05. The van der Waals surface area contributed by atoms with E-state index in [0.29, 0.717) is 5.56 Å². The van der Waals surface area contributed by atoms with Gasteiger partial charge in [-0.3, -0.25) is 0 Å². The maximum absolute atomic E-state index is 12.0. The standard InChI is InChI=1S/C9H6BrF5O2/c10-4-5-1-2-6(16-8(11)12)7(3-5)17-9(13,14)15/h1-3,8H,4H2. The van der Waals surface area contributed by atoms with Crippen LogP contribution in [0.25, 0.3) is 0 Å². The first-order chi connectivity index (χ1) is 7.81. The van der Waals surface area contributed by atoms with E-state index in [0.717, 1.165) is 12.1 Å². The molecule has 0 bridgehead atoms. The first-order valence-electron chi connectivity index (χ1n) is 4.21. The Balaban J connectivity index is 3.03. The second-order valence-corrected chi connectivity index (χ2v) is 3.40. The maximum atomic E-state index is 12.0. The van der Waals surface area contributed by atoms with Crippen molar-refractivity contribution in [2.75, 3.05) is 0 Å². The monoisotopic (exact) mass is 320 g/mol. The second kappa shape index (κ2) is 5.52. The zero-order valence-corrected chi connectivity index (χ0v) is 9.69. The molecule has 2 nitrogen and oxygen atoms in total. The van der Waals surface area contributed by atoms with Crippen LogP contribution >= 0.6 is 15.9 Å². The third-order valence-corrected chi connectivity index (χ3v) is 2.25. The van der Waals surface area contributed by atoms with E-state index in [1.807, 2.05) is 0 Å². The molecule has 0 N–H and O–H groups in total. The van der Waals surface area contributed by atoms with Crippen molar-refractivity contribution in [3.8, 4) is 11.5 Å². The largest absolute Gasteiger partial charge is 0.573 e. The van der Waals surface area contributed by atoms with Gasteiger partial charge in [-0.05, 0) is 17.7 Å². The number of ether oxygens (including phenoxy) is 2. The molecule has 1 aromatic carbocycles. The Morgan fingerprint density at radius 2 is 1.82 bits per heavy atom. The molecular weight excluding hydrogens is 315 g/mol. The zero-order valence-electron chi connectivity index (χ0n) is 8.10. The van der Waals surface area contributed by atoms with Crippen LogP contribution < -0.4 is 9.47 Å². The number of alkyl halides is 6. The van der Waals surface area contributed by atoms with Crippen molar-refractivity contribution in [1.82, 2.24) is 0 Å². The lowest BCUT2D eigenvalue weighted by molar-refractivity contribution is -0.275. The number of benzene rings is 1. The number of hydrogen-bond acceptors (Lipinski definition) is 2. The molecule has 0 spiro atoms. The van der Waals surface area contributed by atoms with Crippen LogP contribution in [0.15, 0.2) is 18.2 Å². The lowest BCUT2D eigenvalue weighted by Gasteiger charge is -2.14. The van der Waals surface area contributed by atoms with E-state index in [-0.39, 0.29) is 5.33 Å². The summed E-state index contributed by atoms with van der Waals surface area (Å²) in [5.74, 6) is -1.46. The highest BCUT2D eigenvalue weighted by atomic mass is 79.9. The average molecular weight is 321 g/mol. The van der Waals surface area contributed by atoms with Crippen LogP contribution in [0.4, 0.5) is 22.0 Å². The van der Waals surface area contributed by atoms with E-state index >= 15 is 0 Å². The first-order valence-corrected chi connectivity index (χ1v) is 5.33. The van der Waals surface area contributed by atoms with Crippen LogP contribution in [-0.2, 0) is 5.33 Å². The Morgan fingerprint density at radius 3 is 2.29 bits per heavy atom. The van der Waals surface area contributed by atoms with Crippen LogP contribution in [0.2, 0.25) is 0 Å². The van der Waals surface area contributed by atoms with Crippen molar-refractivity contribution in [2.45, 2.75) is 18.3 Å². The van der Waals surface area contributed by atoms with Gasteiger partial charge in [0.05, 0.1) is 0 Å². The Bertz CT molecular complexity index is 380. The fourth-order valence-corrected chi connectivity index (χ4v) is 1.38. The van der Waals surface area contributed by atoms with Gasteiger partial charge in [0.2, 0.25) is 0 Å². The molecule has 17 heavy (non-hydrogen) atoms. The Morgan fingerprint density at radius 1 is 1.18 bits per heavy atom. The van der Waals surface area contributed by atoms with E-state index in [1.165, 1.54) is 6.07 Å². The van der Waals surface area contributed by atoms with E-state index in [2.05, 4.69) is 25.4 Å². The van der Waals surface area contributed by atoms with Crippen molar-refractivity contribution in [3.63, 3.8) is 0 Å². The van der Waals surface area contributed by atoms with Crippen molar-refractivity contribution in [2.24, 2.45) is 0 Å². The van der Waals surface area contributed by atoms with Crippen LogP contribution in [0, 0.1) is 0 Å². The van der Waals surface area contributed by atoms with E-state index in [1.54, 1.807) is 0 Å². The number of halogens is 6. The quantitative estimate of drug-likeness (QED) is 0.614. The molecule has 0 unspecified atom stereocenters. The first kappa shape index (κ1) is 14.0. The zero-order chi connectivity index (χ0) is 13.1. The molecule has 0 saturated heterocycles. The van der Waals surface area contributed by atoms with Gasteiger partial charge in [0.25, 0.3) is 0 Å². The summed E-state index contributed by atoms with van der Waals surface area (Å²) in [7, 11) is 0. The molecule has 0 fully saturated rings. The Labute approximate surface area is 101 Å². The molecule has 0 aliphatic heterocycles. The molecule has 8 heteroatoms. The van der Waals surface area contributed by atoms with Crippen LogP contribution in [0.3, 0.4) is 0 Å². The summed E-state index contributed by atoms with van der Waals surface area (Å²) < 4.78 is 67.5. The van der Waals surface area contributed by atoms with Crippen LogP contribution in [0.5, 0.6) is 11.5 Å². The molecule has 0 aliphatic carbocycles. The topological polar surface area (TPSA) is 18.5 Å². The van der Waals surface area contributed by atoms with Crippen molar-refractivity contribution in [3.05, 3.63) is 23.8 Å². The second-order valence-electron chi connectivity index (χ2n) is 2.84.